The molecule has 0 bridgehead atoms. The van der Waals surface area contributed by atoms with Gasteiger partial charge in [-0.25, -0.2) is 4.39 Å². The number of aryl methyl sites for hydroxylation is 1. The van der Waals surface area contributed by atoms with Gasteiger partial charge >= 0.3 is 0 Å². The molecule has 0 unspecified atom stereocenters. The first-order valence-corrected chi connectivity index (χ1v) is 12.7. The lowest BCUT2D eigenvalue weighted by Gasteiger charge is -2.28. The van der Waals surface area contributed by atoms with Gasteiger partial charge in [-0.15, -0.1) is 0 Å². The fourth-order valence-corrected chi connectivity index (χ4v) is 4.36. The summed E-state index contributed by atoms with van der Waals surface area (Å²) in [6.45, 7) is 2.51. The zero-order chi connectivity index (χ0) is 27.8. The summed E-state index contributed by atoms with van der Waals surface area (Å²) in [4.78, 5) is 43.2. The van der Waals surface area contributed by atoms with Crippen LogP contribution in [0.25, 0.3) is 11.0 Å². The molecule has 1 aromatic heterocycles. The van der Waals surface area contributed by atoms with Crippen molar-refractivity contribution in [1.82, 2.24) is 9.80 Å². The van der Waals surface area contributed by atoms with Crippen LogP contribution >= 0.6 is 0 Å². The molecule has 0 spiro atoms. The summed E-state index contributed by atoms with van der Waals surface area (Å²) in [5.74, 6) is -1.35. The van der Waals surface area contributed by atoms with Crippen LogP contribution in [0, 0.1) is 12.7 Å². The SMILES string of the molecule is COCCCN(CC(=O)N(Cc1ccccc1)Cc1coc2ccc(C)cc2c1=O)C(=O)c1cccc(F)c1. The minimum absolute atomic E-state index is 0.00000950. The highest BCUT2D eigenvalue weighted by Crippen LogP contribution is 2.16. The van der Waals surface area contributed by atoms with Crippen LogP contribution in [0.5, 0.6) is 0 Å². The lowest BCUT2D eigenvalue weighted by molar-refractivity contribution is -0.133. The lowest BCUT2D eigenvalue weighted by atomic mass is 10.1. The van der Waals surface area contributed by atoms with Crippen molar-refractivity contribution in [2.45, 2.75) is 26.4 Å². The standard InChI is InChI=1S/C31H31FN2O5/c1-22-12-13-28-27(16-22)30(36)25(21-39-28)19-34(18-23-8-4-3-5-9-23)29(35)20-33(14-7-15-38-2)31(37)24-10-6-11-26(32)17-24/h3-6,8-13,16-17,21H,7,14-15,18-20H2,1-2H3. The second-order valence-corrected chi connectivity index (χ2v) is 9.41. The van der Waals surface area contributed by atoms with Crippen molar-refractivity contribution in [1.29, 1.82) is 0 Å². The van der Waals surface area contributed by atoms with E-state index in [0.29, 0.717) is 29.6 Å². The van der Waals surface area contributed by atoms with Gasteiger partial charge in [0.1, 0.15) is 17.9 Å². The number of halogens is 1. The second kappa shape index (κ2) is 13.0. The molecule has 0 N–H and O–H groups in total. The summed E-state index contributed by atoms with van der Waals surface area (Å²) in [5, 5.41) is 0.446. The Kier molecular flexibility index (Phi) is 9.22. The first-order valence-electron chi connectivity index (χ1n) is 12.7. The highest BCUT2D eigenvalue weighted by atomic mass is 19.1. The molecule has 0 atom stereocenters. The average Bonchev–Trinajstić information content (AvgIpc) is 2.94. The summed E-state index contributed by atoms with van der Waals surface area (Å²) in [6.07, 6.45) is 1.89. The average molecular weight is 531 g/mol. The predicted molar refractivity (Wildman–Crippen MR) is 147 cm³/mol. The fraction of sp³-hybridized carbons (Fsp3) is 0.258. The minimum Gasteiger partial charge on any atom is -0.464 e. The Hall–Kier alpha value is -4.30. The van der Waals surface area contributed by atoms with Gasteiger partial charge in [0.2, 0.25) is 5.91 Å². The third-order valence-corrected chi connectivity index (χ3v) is 6.39. The van der Waals surface area contributed by atoms with E-state index in [2.05, 4.69) is 0 Å². The Labute approximate surface area is 226 Å². The smallest absolute Gasteiger partial charge is 0.254 e. The zero-order valence-electron chi connectivity index (χ0n) is 22.1. The summed E-state index contributed by atoms with van der Waals surface area (Å²) in [6, 6.07) is 20.2. The number of ether oxygens (including phenoxy) is 1. The number of carbonyl (C=O) groups is 2. The van der Waals surface area contributed by atoms with Crippen molar-refractivity contribution in [2.24, 2.45) is 0 Å². The first-order chi connectivity index (χ1) is 18.9. The van der Waals surface area contributed by atoms with Crippen molar-refractivity contribution in [2.75, 3.05) is 26.8 Å². The Balaban J connectivity index is 1.63. The number of carbonyl (C=O) groups excluding carboxylic acids is 2. The molecule has 0 aliphatic rings. The Morgan fingerprint density at radius 1 is 0.949 bits per heavy atom. The van der Waals surface area contributed by atoms with E-state index in [1.807, 2.05) is 43.3 Å². The maximum absolute atomic E-state index is 13.8. The molecular weight excluding hydrogens is 499 g/mol. The van der Waals surface area contributed by atoms with Gasteiger partial charge in [-0.2, -0.15) is 0 Å². The van der Waals surface area contributed by atoms with Crippen LogP contribution in [0.1, 0.15) is 33.5 Å². The van der Waals surface area contributed by atoms with Crippen LogP contribution in [-0.2, 0) is 22.6 Å². The van der Waals surface area contributed by atoms with Gasteiger partial charge in [0, 0.05) is 32.4 Å². The van der Waals surface area contributed by atoms with Crippen molar-refractivity contribution < 1.29 is 23.1 Å². The van der Waals surface area contributed by atoms with E-state index in [0.717, 1.165) is 17.2 Å². The Morgan fingerprint density at radius 3 is 2.49 bits per heavy atom. The van der Waals surface area contributed by atoms with Crippen LogP contribution < -0.4 is 5.43 Å². The quantitative estimate of drug-likeness (QED) is 0.257. The number of amides is 2. The van der Waals surface area contributed by atoms with Crippen LogP contribution in [0.15, 0.2) is 88.3 Å². The molecule has 0 saturated carbocycles. The number of rotatable bonds is 11. The maximum Gasteiger partial charge on any atom is 0.254 e. The monoisotopic (exact) mass is 530 g/mol. The van der Waals surface area contributed by atoms with Gasteiger partial charge in [-0.1, -0.05) is 48.0 Å². The maximum atomic E-state index is 13.8. The Bertz CT molecular complexity index is 1500. The number of methoxy groups -OCH3 is 1. The zero-order valence-corrected chi connectivity index (χ0v) is 22.1. The molecule has 1 heterocycles. The molecular formula is C31H31FN2O5. The normalized spacial score (nSPS) is 10.9. The summed E-state index contributed by atoms with van der Waals surface area (Å²) in [5.41, 5.74) is 2.54. The number of hydrogen-bond donors (Lipinski definition) is 0. The molecule has 7 nitrogen and oxygen atoms in total. The van der Waals surface area contributed by atoms with Gasteiger partial charge < -0.3 is 19.0 Å². The molecule has 0 fully saturated rings. The van der Waals surface area contributed by atoms with Crippen LogP contribution in [0.3, 0.4) is 0 Å². The Morgan fingerprint density at radius 2 is 1.74 bits per heavy atom. The van der Waals surface area contributed by atoms with Gasteiger partial charge in [0.25, 0.3) is 5.91 Å². The number of benzene rings is 3. The van der Waals surface area contributed by atoms with Crippen molar-refractivity contribution in [3.63, 3.8) is 0 Å². The highest BCUT2D eigenvalue weighted by molar-refractivity contribution is 5.96. The molecule has 3 aromatic carbocycles. The molecule has 0 saturated heterocycles. The largest absolute Gasteiger partial charge is 0.464 e. The van der Waals surface area contributed by atoms with Crippen molar-refractivity contribution in [3.8, 4) is 0 Å². The van der Waals surface area contributed by atoms with Gasteiger partial charge in [-0.3, -0.25) is 14.4 Å². The third kappa shape index (κ3) is 7.18. The van der Waals surface area contributed by atoms with Gasteiger partial charge in [0.05, 0.1) is 23.8 Å². The van der Waals surface area contributed by atoms with Crippen molar-refractivity contribution >= 4 is 22.8 Å². The van der Waals surface area contributed by atoms with E-state index in [-0.39, 0.29) is 43.1 Å². The molecule has 39 heavy (non-hydrogen) atoms. The molecule has 4 rings (SSSR count). The minimum atomic E-state index is -0.534. The van der Waals surface area contributed by atoms with Crippen LogP contribution in [-0.4, -0.2) is 48.4 Å². The summed E-state index contributed by atoms with van der Waals surface area (Å²) in [7, 11) is 1.56. The van der Waals surface area contributed by atoms with Gasteiger partial charge in [-0.05, 0) is 49.2 Å². The second-order valence-electron chi connectivity index (χ2n) is 9.41. The predicted octanol–water partition coefficient (Wildman–Crippen LogP) is 4.95. The number of hydrogen-bond acceptors (Lipinski definition) is 5. The van der Waals surface area contributed by atoms with Gasteiger partial charge in [0.15, 0.2) is 5.43 Å². The fourth-order valence-electron chi connectivity index (χ4n) is 4.36. The van der Waals surface area contributed by atoms with E-state index in [4.69, 9.17) is 9.15 Å². The lowest BCUT2D eigenvalue weighted by Crippen LogP contribution is -2.43. The van der Waals surface area contributed by atoms with Crippen LogP contribution in [0.4, 0.5) is 4.39 Å². The molecule has 2 amide bonds. The molecule has 0 aliphatic carbocycles. The van der Waals surface area contributed by atoms with E-state index in [9.17, 15) is 18.8 Å². The number of nitrogens with zero attached hydrogens (tertiary/aromatic N) is 2. The topological polar surface area (TPSA) is 80.1 Å². The molecule has 0 aliphatic heterocycles. The number of fused-ring (bicyclic) bond motifs is 1. The van der Waals surface area contributed by atoms with E-state index in [1.54, 1.807) is 19.2 Å². The van der Waals surface area contributed by atoms with E-state index in [1.165, 1.54) is 34.3 Å². The third-order valence-electron chi connectivity index (χ3n) is 6.39. The van der Waals surface area contributed by atoms with Crippen LogP contribution in [0.2, 0.25) is 0 Å². The van der Waals surface area contributed by atoms with Crippen molar-refractivity contribution in [3.05, 3.63) is 117 Å². The molecule has 0 radical (unpaired) electrons. The first kappa shape index (κ1) is 27.7. The summed E-state index contributed by atoms with van der Waals surface area (Å²) >= 11 is 0. The van der Waals surface area contributed by atoms with E-state index < -0.39 is 11.7 Å². The molecule has 8 heteroatoms. The molecule has 4 aromatic rings. The summed E-state index contributed by atoms with van der Waals surface area (Å²) < 4.78 is 24.7. The highest BCUT2D eigenvalue weighted by Gasteiger charge is 2.24. The van der Waals surface area contributed by atoms with E-state index >= 15 is 0 Å². The molecule has 202 valence electrons.